The summed E-state index contributed by atoms with van der Waals surface area (Å²) in [6.07, 6.45) is 6.79. The minimum Gasteiger partial charge on any atom is -0.443 e. The molecule has 0 saturated carbocycles. The highest BCUT2D eigenvalue weighted by Gasteiger charge is 2.07. The Bertz CT molecular complexity index is 1020. The van der Waals surface area contributed by atoms with Crippen LogP contribution in [0.25, 0.3) is 0 Å². The number of rotatable bonds is 8. The lowest BCUT2D eigenvalue weighted by molar-refractivity contribution is -0.698. The molecule has 0 unspecified atom stereocenters. The molecule has 0 radical (unpaired) electrons. The molecule has 1 heterocycles. The van der Waals surface area contributed by atoms with Crippen molar-refractivity contribution in [2.75, 3.05) is 11.9 Å². The first kappa shape index (κ1) is 21.0. The smallest absolute Gasteiger partial charge is 0.411 e. The molecule has 6 heteroatoms. The van der Waals surface area contributed by atoms with Crippen LogP contribution in [-0.2, 0) is 28.9 Å². The summed E-state index contributed by atoms with van der Waals surface area (Å²) in [5, 5.41) is 2.74. The molecule has 0 aliphatic carbocycles. The van der Waals surface area contributed by atoms with Crippen LogP contribution in [0.5, 0.6) is 0 Å². The molecule has 6 nitrogen and oxygen atoms in total. The minimum atomic E-state index is -0.471. The number of ether oxygens (including phenoxy) is 1. The Morgan fingerprint density at radius 3 is 2.40 bits per heavy atom. The zero-order valence-corrected chi connectivity index (χ0v) is 16.9. The minimum absolute atomic E-state index is 0.298. The van der Waals surface area contributed by atoms with Crippen molar-refractivity contribution < 1.29 is 18.9 Å². The van der Waals surface area contributed by atoms with Crippen LogP contribution in [-0.4, -0.2) is 18.8 Å². The number of hydrogen-bond donors (Lipinski definition) is 1. The van der Waals surface area contributed by atoms with Crippen molar-refractivity contribution in [3.8, 4) is 0 Å². The first-order chi connectivity index (χ1) is 14.7. The second-order valence-electron chi connectivity index (χ2n) is 6.81. The lowest BCUT2D eigenvalue weighted by Gasteiger charge is -2.07. The number of aryl methyl sites for hydroxylation is 1. The number of nitrogens with zero attached hydrogens (tertiary/aromatic N) is 2. The Hall–Kier alpha value is -3.76. The van der Waals surface area contributed by atoms with Gasteiger partial charge in [0.25, 0.3) is 0 Å². The van der Waals surface area contributed by atoms with E-state index in [1.54, 1.807) is 12.1 Å². The van der Waals surface area contributed by atoms with Gasteiger partial charge in [-0.3, -0.25) is 5.32 Å². The SMILES string of the molecule is CCc1ccc[n+](CCOC(=O)Nc2ccc(Cc3ccc(N=C=O)cc3)cc2)c1. The van der Waals surface area contributed by atoms with Crippen LogP contribution in [0, 0.1) is 0 Å². The van der Waals surface area contributed by atoms with Crippen molar-refractivity contribution in [3.63, 3.8) is 0 Å². The maximum absolute atomic E-state index is 12.0. The van der Waals surface area contributed by atoms with Gasteiger partial charge in [0.2, 0.25) is 6.08 Å². The summed E-state index contributed by atoms with van der Waals surface area (Å²) in [6.45, 7) is 3.01. The highest BCUT2D eigenvalue weighted by atomic mass is 16.5. The number of isocyanates is 1. The van der Waals surface area contributed by atoms with Gasteiger partial charge in [0.05, 0.1) is 5.69 Å². The summed E-state index contributed by atoms with van der Waals surface area (Å²) in [5.74, 6) is 0. The average Bonchev–Trinajstić information content (AvgIpc) is 2.77. The standard InChI is InChI=1S/C24H23N3O3/c1-2-19-4-3-13-27(17-19)14-15-30-24(29)26-23-11-7-21(8-12-23)16-20-5-9-22(10-6-20)25-18-28/h3-13,17H,2,14-16H2,1H3/p+1. The summed E-state index contributed by atoms with van der Waals surface area (Å²) < 4.78 is 7.29. The summed E-state index contributed by atoms with van der Waals surface area (Å²) in [7, 11) is 0. The van der Waals surface area contributed by atoms with Gasteiger partial charge in [-0.15, -0.1) is 0 Å². The van der Waals surface area contributed by atoms with Crippen molar-refractivity contribution in [1.29, 1.82) is 0 Å². The predicted octanol–water partition coefficient (Wildman–Crippen LogP) is 4.34. The van der Waals surface area contributed by atoms with Crippen LogP contribution in [0.1, 0.15) is 23.6 Å². The van der Waals surface area contributed by atoms with E-state index in [0.29, 0.717) is 24.5 Å². The lowest BCUT2D eigenvalue weighted by Crippen LogP contribution is -2.36. The Balaban J connectivity index is 1.46. The van der Waals surface area contributed by atoms with Crippen LogP contribution < -0.4 is 9.88 Å². The quantitative estimate of drug-likeness (QED) is 0.346. The topological polar surface area (TPSA) is 71.6 Å². The predicted molar refractivity (Wildman–Crippen MR) is 114 cm³/mol. The fraction of sp³-hybridized carbons (Fsp3) is 0.208. The van der Waals surface area contributed by atoms with Gasteiger partial charge < -0.3 is 4.74 Å². The van der Waals surface area contributed by atoms with E-state index in [1.165, 1.54) is 11.6 Å². The molecule has 0 aliphatic rings. The van der Waals surface area contributed by atoms with Gasteiger partial charge in [-0.1, -0.05) is 31.2 Å². The number of aromatic nitrogens is 1. The van der Waals surface area contributed by atoms with Crippen LogP contribution in [0.4, 0.5) is 16.2 Å². The molecule has 0 aliphatic heterocycles. The number of aliphatic imine (C=N–C) groups is 1. The molecule has 0 atom stereocenters. The van der Waals surface area contributed by atoms with Crippen molar-refractivity contribution >= 4 is 23.5 Å². The second-order valence-corrected chi connectivity index (χ2v) is 6.81. The third-order valence-corrected chi connectivity index (χ3v) is 4.63. The Morgan fingerprint density at radius 2 is 1.73 bits per heavy atom. The van der Waals surface area contributed by atoms with Gasteiger partial charge in [-0.25, -0.2) is 14.2 Å². The molecule has 0 saturated heterocycles. The molecule has 3 rings (SSSR count). The van der Waals surface area contributed by atoms with Crippen molar-refractivity contribution in [1.82, 2.24) is 0 Å². The molecular weight excluding hydrogens is 378 g/mol. The van der Waals surface area contributed by atoms with Gasteiger partial charge >= 0.3 is 6.09 Å². The number of anilines is 1. The fourth-order valence-corrected chi connectivity index (χ4v) is 3.00. The second kappa shape index (κ2) is 10.7. The molecule has 1 N–H and O–H groups in total. The Morgan fingerprint density at radius 1 is 1.03 bits per heavy atom. The monoisotopic (exact) mass is 402 g/mol. The van der Waals surface area contributed by atoms with Gasteiger partial charge in [0.1, 0.15) is 0 Å². The zero-order valence-electron chi connectivity index (χ0n) is 16.9. The van der Waals surface area contributed by atoms with Crippen molar-refractivity contribution in [3.05, 3.63) is 89.7 Å². The number of hydrogen-bond acceptors (Lipinski definition) is 4. The number of pyridine rings is 1. The maximum atomic E-state index is 12.0. The average molecular weight is 402 g/mol. The van der Waals surface area contributed by atoms with E-state index < -0.39 is 6.09 Å². The molecule has 1 aromatic heterocycles. The van der Waals surface area contributed by atoms with E-state index in [9.17, 15) is 9.59 Å². The van der Waals surface area contributed by atoms with E-state index in [0.717, 1.165) is 24.0 Å². The van der Waals surface area contributed by atoms with Gasteiger partial charge in [0, 0.05) is 17.3 Å². The summed E-state index contributed by atoms with van der Waals surface area (Å²) in [5.41, 5.74) is 4.72. The molecule has 1 amide bonds. The van der Waals surface area contributed by atoms with Crippen LogP contribution >= 0.6 is 0 Å². The van der Waals surface area contributed by atoms with Crippen LogP contribution in [0.3, 0.4) is 0 Å². The van der Waals surface area contributed by atoms with Gasteiger partial charge in [-0.05, 0) is 54.3 Å². The van der Waals surface area contributed by atoms with Gasteiger partial charge in [0.15, 0.2) is 25.5 Å². The molecular formula is C24H24N3O3+. The zero-order chi connectivity index (χ0) is 21.2. The molecule has 2 aromatic carbocycles. The van der Waals surface area contributed by atoms with E-state index >= 15 is 0 Å². The highest BCUT2D eigenvalue weighted by Crippen LogP contribution is 2.17. The Kier molecular flexibility index (Phi) is 7.47. The third kappa shape index (κ3) is 6.40. The third-order valence-electron chi connectivity index (χ3n) is 4.63. The molecule has 3 aromatic rings. The molecule has 152 valence electrons. The number of amides is 1. The summed E-state index contributed by atoms with van der Waals surface area (Å²) in [6, 6.07) is 19.1. The van der Waals surface area contributed by atoms with Crippen molar-refractivity contribution in [2.24, 2.45) is 4.99 Å². The largest absolute Gasteiger partial charge is 0.443 e. The van der Waals surface area contributed by atoms with E-state index in [2.05, 4.69) is 29.5 Å². The first-order valence-corrected chi connectivity index (χ1v) is 9.84. The lowest BCUT2D eigenvalue weighted by atomic mass is 10.0. The highest BCUT2D eigenvalue weighted by molar-refractivity contribution is 5.84. The van der Waals surface area contributed by atoms with Crippen LogP contribution in [0.2, 0.25) is 0 Å². The first-order valence-electron chi connectivity index (χ1n) is 9.84. The maximum Gasteiger partial charge on any atom is 0.411 e. The van der Waals surface area contributed by atoms with Crippen LogP contribution in [0.15, 0.2) is 78.0 Å². The molecule has 0 spiro atoms. The number of carbonyl (C=O) groups is 1. The van der Waals surface area contributed by atoms with Crippen molar-refractivity contribution in [2.45, 2.75) is 26.3 Å². The molecule has 30 heavy (non-hydrogen) atoms. The summed E-state index contributed by atoms with van der Waals surface area (Å²) >= 11 is 0. The molecule has 0 bridgehead atoms. The fourth-order valence-electron chi connectivity index (χ4n) is 3.00. The van der Waals surface area contributed by atoms with E-state index in [4.69, 9.17) is 4.74 Å². The van der Waals surface area contributed by atoms with E-state index in [1.807, 2.05) is 53.2 Å². The number of nitrogens with one attached hydrogen (secondary N) is 1. The number of benzene rings is 2. The van der Waals surface area contributed by atoms with Gasteiger partial charge in [-0.2, -0.15) is 4.99 Å². The van der Waals surface area contributed by atoms with E-state index in [-0.39, 0.29) is 0 Å². The normalized spacial score (nSPS) is 10.2. The number of carbonyl (C=O) groups excluding carboxylic acids is 2. The Labute approximate surface area is 175 Å². The molecule has 0 fully saturated rings. The summed E-state index contributed by atoms with van der Waals surface area (Å²) in [4.78, 5) is 25.9.